The van der Waals surface area contributed by atoms with E-state index in [2.05, 4.69) is 4.74 Å². The smallest absolute Gasteiger partial charge is 0.418 e. The second-order valence-electron chi connectivity index (χ2n) is 2.95. The number of halogens is 5. The predicted molar refractivity (Wildman–Crippen MR) is 43.9 cm³/mol. The Morgan fingerprint density at radius 3 is 2.25 bits per heavy atom. The van der Waals surface area contributed by atoms with Crippen LogP contribution < -0.4 is 4.74 Å². The van der Waals surface area contributed by atoms with Gasteiger partial charge < -0.3 is 9.84 Å². The monoisotopic (exact) mass is 242 g/mol. The van der Waals surface area contributed by atoms with Crippen molar-refractivity contribution < 1.29 is 31.8 Å². The van der Waals surface area contributed by atoms with E-state index in [9.17, 15) is 22.0 Å². The quantitative estimate of drug-likeness (QED) is 0.807. The summed E-state index contributed by atoms with van der Waals surface area (Å²) in [5, 5.41) is 8.88. The Labute approximate surface area is 87.3 Å². The molecule has 0 aromatic heterocycles. The lowest BCUT2D eigenvalue weighted by atomic mass is 10.1. The van der Waals surface area contributed by atoms with Crippen LogP contribution in [0.15, 0.2) is 12.1 Å². The summed E-state index contributed by atoms with van der Waals surface area (Å²) in [5.41, 5.74) is -0.993. The zero-order valence-electron chi connectivity index (χ0n) is 7.98. The summed E-state index contributed by atoms with van der Waals surface area (Å²) >= 11 is 0. The van der Waals surface area contributed by atoms with E-state index in [1.54, 1.807) is 0 Å². The standard InChI is InChI=1S/C9H7F5O2/c1-16-7-5(8(15)9(12,13)14)2-4(10)3-6(7)11/h2-3,8,15H,1H3. The average Bonchev–Trinajstić information content (AvgIpc) is 2.14. The van der Waals surface area contributed by atoms with Crippen LogP contribution >= 0.6 is 0 Å². The van der Waals surface area contributed by atoms with Gasteiger partial charge in [-0.05, 0) is 6.07 Å². The molecule has 0 saturated heterocycles. The molecule has 1 unspecified atom stereocenters. The van der Waals surface area contributed by atoms with Crippen LogP contribution in [0.5, 0.6) is 5.75 Å². The number of ether oxygens (including phenoxy) is 1. The molecule has 1 aromatic carbocycles. The Morgan fingerprint density at radius 2 is 1.81 bits per heavy atom. The van der Waals surface area contributed by atoms with Crippen molar-refractivity contribution >= 4 is 0 Å². The summed E-state index contributed by atoms with van der Waals surface area (Å²) < 4.78 is 66.6. The number of aliphatic hydroxyl groups excluding tert-OH is 1. The molecule has 2 nitrogen and oxygen atoms in total. The van der Waals surface area contributed by atoms with E-state index in [0.717, 1.165) is 7.11 Å². The van der Waals surface area contributed by atoms with Crippen LogP contribution in [0.1, 0.15) is 11.7 Å². The van der Waals surface area contributed by atoms with Crippen molar-refractivity contribution in [1.82, 2.24) is 0 Å². The number of hydrogen-bond donors (Lipinski definition) is 1. The highest BCUT2D eigenvalue weighted by Gasteiger charge is 2.41. The normalized spacial score (nSPS) is 13.7. The number of hydrogen-bond acceptors (Lipinski definition) is 2. The third kappa shape index (κ3) is 2.41. The lowest BCUT2D eigenvalue weighted by Gasteiger charge is -2.17. The molecule has 16 heavy (non-hydrogen) atoms. The first kappa shape index (κ1) is 12.7. The average molecular weight is 242 g/mol. The van der Waals surface area contributed by atoms with Gasteiger partial charge in [0.05, 0.1) is 7.11 Å². The van der Waals surface area contributed by atoms with Gasteiger partial charge in [-0.15, -0.1) is 0 Å². The van der Waals surface area contributed by atoms with Crippen LogP contribution in [0.2, 0.25) is 0 Å². The molecule has 0 aliphatic rings. The number of alkyl halides is 3. The van der Waals surface area contributed by atoms with Crippen LogP contribution in [0.4, 0.5) is 22.0 Å². The van der Waals surface area contributed by atoms with Gasteiger partial charge in [-0.2, -0.15) is 13.2 Å². The second-order valence-corrected chi connectivity index (χ2v) is 2.95. The molecule has 1 N–H and O–H groups in total. The van der Waals surface area contributed by atoms with Gasteiger partial charge in [-0.1, -0.05) is 0 Å². The van der Waals surface area contributed by atoms with Crippen LogP contribution in [0.25, 0.3) is 0 Å². The molecule has 0 aliphatic heterocycles. The fraction of sp³-hybridized carbons (Fsp3) is 0.333. The van der Waals surface area contributed by atoms with Crippen molar-refractivity contribution in [3.05, 3.63) is 29.3 Å². The summed E-state index contributed by atoms with van der Waals surface area (Å²) in [7, 11) is 0.920. The van der Waals surface area contributed by atoms with Crippen molar-refractivity contribution in [2.75, 3.05) is 7.11 Å². The molecule has 0 aliphatic carbocycles. The number of methoxy groups -OCH3 is 1. The van der Waals surface area contributed by atoms with Crippen LogP contribution in [-0.2, 0) is 0 Å². The molecule has 0 radical (unpaired) electrons. The summed E-state index contributed by atoms with van der Waals surface area (Å²) in [4.78, 5) is 0. The van der Waals surface area contributed by atoms with Gasteiger partial charge in [0.15, 0.2) is 17.7 Å². The number of benzene rings is 1. The maximum Gasteiger partial charge on any atom is 0.418 e. The van der Waals surface area contributed by atoms with E-state index < -0.39 is 35.2 Å². The number of rotatable bonds is 2. The first-order chi connectivity index (χ1) is 7.27. The molecule has 7 heteroatoms. The van der Waals surface area contributed by atoms with Gasteiger partial charge in [0.25, 0.3) is 0 Å². The molecule has 0 spiro atoms. The van der Waals surface area contributed by atoms with Crippen LogP contribution in [-0.4, -0.2) is 18.4 Å². The minimum Gasteiger partial charge on any atom is -0.493 e. The Balaban J connectivity index is 3.31. The summed E-state index contributed by atoms with van der Waals surface area (Å²) in [6, 6.07) is 0.742. The lowest BCUT2D eigenvalue weighted by Crippen LogP contribution is -2.21. The molecule has 1 atom stereocenters. The van der Waals surface area contributed by atoms with Crippen LogP contribution in [0.3, 0.4) is 0 Å². The molecule has 1 aromatic rings. The van der Waals surface area contributed by atoms with Crippen molar-refractivity contribution in [1.29, 1.82) is 0 Å². The highest BCUT2D eigenvalue weighted by molar-refractivity contribution is 5.37. The zero-order valence-corrected chi connectivity index (χ0v) is 7.98. The Bertz CT molecular complexity index is 388. The van der Waals surface area contributed by atoms with Crippen molar-refractivity contribution in [3.63, 3.8) is 0 Å². The molecule has 0 bridgehead atoms. The molecule has 0 heterocycles. The molecule has 90 valence electrons. The number of aliphatic hydroxyl groups is 1. The zero-order chi connectivity index (χ0) is 12.5. The Kier molecular flexibility index (Phi) is 3.37. The summed E-state index contributed by atoms with van der Waals surface area (Å²) in [6.07, 6.45) is -8.01. The fourth-order valence-corrected chi connectivity index (χ4v) is 1.18. The predicted octanol–water partition coefficient (Wildman–Crippen LogP) is 2.57. The third-order valence-electron chi connectivity index (χ3n) is 1.85. The topological polar surface area (TPSA) is 29.5 Å². The lowest BCUT2D eigenvalue weighted by molar-refractivity contribution is -0.207. The van der Waals surface area contributed by atoms with E-state index in [1.165, 1.54) is 0 Å². The fourth-order valence-electron chi connectivity index (χ4n) is 1.18. The van der Waals surface area contributed by atoms with Gasteiger partial charge in [-0.3, -0.25) is 0 Å². The van der Waals surface area contributed by atoms with E-state index in [0.29, 0.717) is 12.1 Å². The molecular formula is C9H7F5O2. The maximum absolute atomic E-state index is 13.0. The van der Waals surface area contributed by atoms with Crippen molar-refractivity contribution in [3.8, 4) is 5.75 Å². The van der Waals surface area contributed by atoms with E-state index in [4.69, 9.17) is 5.11 Å². The minimum absolute atomic E-state index is 0.366. The van der Waals surface area contributed by atoms with E-state index >= 15 is 0 Å². The van der Waals surface area contributed by atoms with Crippen molar-refractivity contribution in [2.45, 2.75) is 12.3 Å². The SMILES string of the molecule is COc1c(F)cc(F)cc1C(O)C(F)(F)F. The molecule has 1 rings (SSSR count). The van der Waals surface area contributed by atoms with Gasteiger partial charge >= 0.3 is 6.18 Å². The highest BCUT2D eigenvalue weighted by Crippen LogP contribution is 2.38. The highest BCUT2D eigenvalue weighted by atomic mass is 19.4. The summed E-state index contributed by atoms with van der Waals surface area (Å²) in [6.45, 7) is 0. The second kappa shape index (κ2) is 4.25. The first-order valence-electron chi connectivity index (χ1n) is 4.05. The van der Waals surface area contributed by atoms with Gasteiger partial charge in [0, 0.05) is 11.6 Å². The van der Waals surface area contributed by atoms with Gasteiger partial charge in [0.1, 0.15) is 5.82 Å². The van der Waals surface area contributed by atoms with Gasteiger partial charge in [0.2, 0.25) is 0 Å². The van der Waals surface area contributed by atoms with Crippen LogP contribution in [0, 0.1) is 11.6 Å². The van der Waals surface area contributed by atoms with Crippen molar-refractivity contribution in [2.24, 2.45) is 0 Å². The molecule has 0 amide bonds. The third-order valence-corrected chi connectivity index (χ3v) is 1.85. The van der Waals surface area contributed by atoms with E-state index in [1.807, 2.05) is 0 Å². The minimum atomic E-state index is -5.02. The Morgan fingerprint density at radius 1 is 1.25 bits per heavy atom. The maximum atomic E-state index is 13.0. The van der Waals surface area contributed by atoms with Gasteiger partial charge in [-0.25, -0.2) is 8.78 Å². The first-order valence-corrected chi connectivity index (χ1v) is 4.05. The molecule has 0 saturated carbocycles. The molecule has 0 fully saturated rings. The van der Waals surface area contributed by atoms with E-state index in [-0.39, 0.29) is 0 Å². The summed E-state index contributed by atoms with van der Waals surface area (Å²) in [5.74, 6) is -3.36. The Hall–Kier alpha value is -1.37. The molecular weight excluding hydrogens is 235 g/mol. The largest absolute Gasteiger partial charge is 0.493 e.